The van der Waals surface area contributed by atoms with Crippen molar-refractivity contribution in [1.82, 2.24) is 29.4 Å². The molecule has 4 aliphatic rings. The second-order valence-electron chi connectivity index (χ2n) is 7.86. The fraction of sp³-hybridized carbons (Fsp3) is 0.778. The Balaban J connectivity index is 1.96. The summed E-state index contributed by atoms with van der Waals surface area (Å²) in [6, 6.07) is -1.31. The van der Waals surface area contributed by atoms with Crippen LogP contribution in [0.15, 0.2) is 0 Å². The van der Waals surface area contributed by atoms with Crippen LogP contribution in [0.1, 0.15) is 13.8 Å². The minimum absolute atomic E-state index is 0.0272. The zero-order valence-electron chi connectivity index (χ0n) is 18.1. The molecule has 0 unspecified atom stereocenters. The highest BCUT2D eigenvalue weighted by atomic mass is 16.6. The first-order valence-corrected chi connectivity index (χ1v) is 10.5. The average Bonchev–Trinajstić information content (AvgIpc) is 3.14. The lowest BCUT2D eigenvalue weighted by Gasteiger charge is -2.51. The molecule has 4 saturated heterocycles. The zero-order valence-corrected chi connectivity index (χ0v) is 18.1. The van der Waals surface area contributed by atoms with Gasteiger partial charge in [-0.2, -0.15) is 0 Å². The summed E-state index contributed by atoms with van der Waals surface area (Å²) in [6.45, 7) is 2.57. The summed E-state index contributed by atoms with van der Waals surface area (Å²) in [5, 5.41) is 18.8. The third-order valence-corrected chi connectivity index (χ3v) is 6.29. The molecule has 0 bridgehead atoms. The van der Waals surface area contributed by atoms with Crippen LogP contribution in [-0.2, 0) is 19.1 Å². The van der Waals surface area contributed by atoms with Crippen molar-refractivity contribution in [2.45, 2.75) is 25.2 Å². The Morgan fingerprint density at radius 3 is 1.31 bits per heavy atom. The lowest BCUT2D eigenvalue weighted by atomic mass is 9.90. The molecule has 4 amide bonds. The third kappa shape index (κ3) is 2.54. The molecule has 4 heterocycles. The number of rotatable bonds is 8. The van der Waals surface area contributed by atoms with Gasteiger partial charge in [-0.05, 0) is 13.8 Å². The highest BCUT2D eigenvalue weighted by Gasteiger charge is 2.89. The normalized spacial score (nSPS) is 29.6. The van der Waals surface area contributed by atoms with Gasteiger partial charge in [-0.25, -0.2) is 19.2 Å². The van der Waals surface area contributed by atoms with Crippen molar-refractivity contribution >= 4 is 24.0 Å². The number of hydrogen-bond acceptors (Lipinski definition) is 10. The van der Waals surface area contributed by atoms with E-state index in [1.807, 2.05) is 0 Å². The molecule has 4 rings (SSSR count). The van der Waals surface area contributed by atoms with Crippen molar-refractivity contribution in [3.05, 3.63) is 0 Å². The van der Waals surface area contributed by atoms with Gasteiger partial charge in [0.05, 0.1) is 53.1 Å². The van der Waals surface area contributed by atoms with Crippen LogP contribution in [0.2, 0.25) is 0 Å². The fourth-order valence-electron chi connectivity index (χ4n) is 5.18. The molecule has 4 aliphatic heterocycles. The SMILES string of the molecule is CCOC(=O)C12N3CN(CCO)CN1C(=O)N1CN(CCO)CN(C3=O)C12C(=O)OCC. The van der Waals surface area contributed by atoms with Crippen molar-refractivity contribution in [1.29, 1.82) is 0 Å². The maximum absolute atomic E-state index is 13.7. The van der Waals surface area contributed by atoms with Crippen molar-refractivity contribution in [3.8, 4) is 0 Å². The molecule has 0 aromatic heterocycles. The number of aliphatic hydroxyl groups excluding tert-OH is 2. The van der Waals surface area contributed by atoms with Gasteiger partial charge in [0.25, 0.3) is 11.3 Å². The maximum Gasteiger partial charge on any atom is 0.359 e. The Labute approximate surface area is 184 Å². The quantitative estimate of drug-likeness (QED) is 0.374. The summed E-state index contributed by atoms with van der Waals surface area (Å²) in [5.74, 6) is -1.81. The predicted molar refractivity (Wildman–Crippen MR) is 104 cm³/mol. The number of esters is 2. The van der Waals surface area contributed by atoms with E-state index >= 15 is 0 Å². The molecule has 0 spiro atoms. The summed E-state index contributed by atoms with van der Waals surface area (Å²) >= 11 is 0. The number of ether oxygens (including phenoxy) is 2. The van der Waals surface area contributed by atoms with Crippen LogP contribution in [0, 0.1) is 0 Å². The molecule has 0 aliphatic carbocycles. The number of aliphatic hydroxyl groups is 2. The van der Waals surface area contributed by atoms with E-state index in [2.05, 4.69) is 0 Å². The van der Waals surface area contributed by atoms with Crippen LogP contribution in [0.25, 0.3) is 0 Å². The summed E-state index contributed by atoms with van der Waals surface area (Å²) in [5.41, 5.74) is -4.17. The maximum atomic E-state index is 13.7. The second kappa shape index (κ2) is 8.03. The number of nitrogens with zero attached hydrogens (tertiary/aromatic N) is 6. The highest BCUT2D eigenvalue weighted by molar-refractivity contribution is 6.09. The first-order chi connectivity index (χ1) is 15.4. The molecular weight excluding hydrogens is 428 g/mol. The van der Waals surface area contributed by atoms with E-state index in [1.165, 1.54) is 0 Å². The lowest BCUT2D eigenvalue weighted by Crippen LogP contribution is -2.80. The number of carbonyl (C=O) groups excluding carboxylic acids is 4. The molecule has 4 fully saturated rings. The van der Waals surface area contributed by atoms with Gasteiger partial charge in [0.15, 0.2) is 0 Å². The average molecular weight is 456 g/mol. The Bertz CT molecular complexity index is 725. The zero-order chi connectivity index (χ0) is 23.3. The minimum Gasteiger partial charge on any atom is -0.463 e. The summed E-state index contributed by atoms with van der Waals surface area (Å²) in [6.07, 6.45) is 0. The first kappa shape index (κ1) is 22.5. The summed E-state index contributed by atoms with van der Waals surface area (Å²) < 4.78 is 10.7. The monoisotopic (exact) mass is 456 g/mol. The minimum atomic E-state index is -2.08. The Morgan fingerprint density at radius 2 is 1.06 bits per heavy atom. The van der Waals surface area contributed by atoms with Crippen molar-refractivity contribution in [2.24, 2.45) is 0 Å². The molecule has 32 heavy (non-hydrogen) atoms. The number of urea groups is 2. The van der Waals surface area contributed by atoms with E-state index in [1.54, 1.807) is 23.6 Å². The molecule has 178 valence electrons. The fourth-order valence-corrected chi connectivity index (χ4v) is 5.18. The number of amides is 4. The topological polar surface area (TPSA) is 147 Å². The molecule has 0 atom stereocenters. The van der Waals surface area contributed by atoms with Gasteiger partial charge in [0.1, 0.15) is 0 Å². The van der Waals surface area contributed by atoms with Crippen LogP contribution < -0.4 is 0 Å². The number of hydrogen-bond donors (Lipinski definition) is 2. The molecule has 0 aromatic carbocycles. The van der Waals surface area contributed by atoms with E-state index in [0.29, 0.717) is 0 Å². The molecule has 14 nitrogen and oxygen atoms in total. The largest absolute Gasteiger partial charge is 0.463 e. The highest BCUT2D eigenvalue weighted by Crippen LogP contribution is 2.55. The standard InChI is InChI=1S/C18H28N6O8/c1-3-31-13(27)17-18(14(28)32-4-2)23-11-20(6-8-26)12-24(18)16(30)22(17)10-19(5-7-25)9-21(17)15(23)29/h25-26H,3-12H2,1-2H3. The van der Waals surface area contributed by atoms with Gasteiger partial charge in [-0.1, -0.05) is 0 Å². The Morgan fingerprint density at radius 1 is 0.750 bits per heavy atom. The van der Waals surface area contributed by atoms with Crippen molar-refractivity contribution < 1.29 is 38.9 Å². The van der Waals surface area contributed by atoms with Crippen LogP contribution in [0.3, 0.4) is 0 Å². The second-order valence-corrected chi connectivity index (χ2v) is 7.86. The molecule has 14 heteroatoms. The first-order valence-electron chi connectivity index (χ1n) is 10.5. The van der Waals surface area contributed by atoms with Gasteiger partial charge in [-0.15, -0.1) is 0 Å². The molecule has 2 N–H and O–H groups in total. The summed E-state index contributed by atoms with van der Waals surface area (Å²) in [7, 11) is 0. The van der Waals surface area contributed by atoms with Gasteiger partial charge in [-0.3, -0.25) is 29.4 Å². The van der Waals surface area contributed by atoms with E-state index in [9.17, 15) is 29.4 Å². The van der Waals surface area contributed by atoms with Crippen LogP contribution in [0.4, 0.5) is 9.59 Å². The van der Waals surface area contributed by atoms with E-state index in [-0.39, 0.29) is 66.2 Å². The predicted octanol–water partition coefficient (Wildman–Crippen LogP) is -2.57. The van der Waals surface area contributed by atoms with Gasteiger partial charge < -0.3 is 19.7 Å². The molecule has 0 aromatic rings. The number of carbonyl (C=O) groups is 4. The summed E-state index contributed by atoms with van der Waals surface area (Å²) in [4.78, 5) is 62.4. The van der Waals surface area contributed by atoms with E-state index in [0.717, 1.165) is 19.6 Å². The van der Waals surface area contributed by atoms with Gasteiger partial charge >= 0.3 is 24.0 Å². The van der Waals surface area contributed by atoms with E-state index in [4.69, 9.17) is 9.47 Å². The lowest BCUT2D eigenvalue weighted by molar-refractivity contribution is -0.208. The van der Waals surface area contributed by atoms with E-state index < -0.39 is 35.3 Å². The van der Waals surface area contributed by atoms with Crippen LogP contribution in [-0.4, -0.2) is 141 Å². The van der Waals surface area contributed by atoms with Gasteiger partial charge in [0, 0.05) is 13.1 Å². The number of β-amino-alcohol motifs (C(OH)–C–C–N with tert-alkyl or cyclic N) is 2. The van der Waals surface area contributed by atoms with Crippen LogP contribution >= 0.6 is 0 Å². The third-order valence-electron chi connectivity index (χ3n) is 6.29. The Kier molecular flexibility index (Phi) is 5.65. The Hall–Kier alpha value is -2.68. The van der Waals surface area contributed by atoms with Crippen molar-refractivity contribution in [3.63, 3.8) is 0 Å². The smallest absolute Gasteiger partial charge is 0.359 e. The van der Waals surface area contributed by atoms with Crippen LogP contribution in [0.5, 0.6) is 0 Å². The molecular formula is C18H28N6O8. The molecule has 0 radical (unpaired) electrons. The van der Waals surface area contributed by atoms with Gasteiger partial charge in [0.2, 0.25) is 0 Å². The van der Waals surface area contributed by atoms with Crippen molar-refractivity contribution in [2.75, 3.05) is 66.2 Å². The molecule has 0 saturated carbocycles.